The Morgan fingerprint density at radius 1 is 1.29 bits per heavy atom. The van der Waals surface area contributed by atoms with Crippen molar-refractivity contribution in [1.82, 2.24) is 14.8 Å². The molecule has 1 aromatic heterocycles. The highest BCUT2D eigenvalue weighted by Gasteiger charge is 2.35. The van der Waals surface area contributed by atoms with Crippen molar-refractivity contribution >= 4 is 11.9 Å². The maximum absolute atomic E-state index is 12.6. The van der Waals surface area contributed by atoms with Crippen LogP contribution in [0.15, 0.2) is 41.9 Å². The fourth-order valence-corrected chi connectivity index (χ4v) is 2.85. The summed E-state index contributed by atoms with van der Waals surface area (Å²) in [6.07, 6.45) is 1.46. The van der Waals surface area contributed by atoms with Gasteiger partial charge in [0.2, 0.25) is 5.95 Å². The molecule has 1 aliphatic heterocycles. The van der Waals surface area contributed by atoms with Gasteiger partial charge in [0.05, 0.1) is 18.8 Å². The van der Waals surface area contributed by atoms with Gasteiger partial charge in [-0.2, -0.15) is 10.1 Å². The molecule has 1 aromatic carbocycles. The summed E-state index contributed by atoms with van der Waals surface area (Å²) in [5.41, 5.74) is 2.04. The molecule has 7 nitrogen and oxygen atoms in total. The monoisotopic (exact) mass is 328 g/mol. The molecule has 1 aliphatic rings. The van der Waals surface area contributed by atoms with Crippen molar-refractivity contribution in [3.05, 3.63) is 47.4 Å². The Morgan fingerprint density at radius 3 is 2.83 bits per heavy atom. The van der Waals surface area contributed by atoms with Gasteiger partial charge >= 0.3 is 5.97 Å². The summed E-state index contributed by atoms with van der Waals surface area (Å²) in [5.74, 6) is 0.916. The topological polar surface area (TPSA) is 78.3 Å². The average molecular weight is 328 g/mol. The number of aromatic nitrogens is 3. The number of rotatable bonds is 5. The van der Waals surface area contributed by atoms with E-state index in [1.54, 1.807) is 11.6 Å². The number of para-hydroxylation sites is 1. The van der Waals surface area contributed by atoms with Gasteiger partial charge in [-0.15, -0.1) is 0 Å². The number of anilines is 1. The first-order valence-electron chi connectivity index (χ1n) is 7.93. The third-order valence-electron chi connectivity index (χ3n) is 3.80. The third kappa shape index (κ3) is 2.73. The highest BCUT2D eigenvalue weighted by Crippen LogP contribution is 2.39. The Kier molecular flexibility index (Phi) is 4.50. The number of nitrogens with zero attached hydrogens (tertiary/aromatic N) is 3. The molecule has 1 N–H and O–H groups in total. The summed E-state index contributed by atoms with van der Waals surface area (Å²) in [6.45, 7) is 6.38. The van der Waals surface area contributed by atoms with Crippen molar-refractivity contribution in [3.8, 4) is 5.75 Å². The predicted octanol–water partition coefficient (Wildman–Crippen LogP) is 2.53. The van der Waals surface area contributed by atoms with Gasteiger partial charge in [0.25, 0.3) is 0 Å². The molecule has 7 heteroatoms. The number of ether oxygens (including phenoxy) is 2. The minimum atomic E-state index is -0.453. The van der Waals surface area contributed by atoms with Crippen LogP contribution in [0.25, 0.3) is 0 Å². The van der Waals surface area contributed by atoms with Crippen molar-refractivity contribution in [2.45, 2.75) is 26.8 Å². The molecular weight excluding hydrogens is 308 g/mol. The van der Waals surface area contributed by atoms with Crippen molar-refractivity contribution in [2.75, 3.05) is 18.5 Å². The van der Waals surface area contributed by atoms with E-state index < -0.39 is 6.04 Å². The van der Waals surface area contributed by atoms with E-state index in [2.05, 4.69) is 15.4 Å². The molecule has 0 fully saturated rings. The second-order valence-corrected chi connectivity index (χ2v) is 5.29. The zero-order chi connectivity index (χ0) is 17.1. The van der Waals surface area contributed by atoms with Crippen molar-refractivity contribution in [3.63, 3.8) is 0 Å². The molecule has 0 saturated carbocycles. The predicted molar refractivity (Wildman–Crippen MR) is 88.7 cm³/mol. The number of benzene rings is 1. The number of hydrogen-bond acceptors (Lipinski definition) is 6. The first-order valence-corrected chi connectivity index (χ1v) is 7.93. The number of fused-ring (bicyclic) bond motifs is 1. The van der Waals surface area contributed by atoms with Crippen LogP contribution in [0.3, 0.4) is 0 Å². The standard InChI is InChI=1S/C17H20N4O3/c1-4-23-13-9-7-6-8-12(13)15-14(16(22)24-5-2)11(3)20-17-18-10-19-21(15)17/h6-10,15H,4-5H2,1-3H3,(H,18,19,20). The smallest absolute Gasteiger partial charge is 0.338 e. The van der Waals surface area contributed by atoms with Crippen molar-refractivity contribution in [1.29, 1.82) is 0 Å². The van der Waals surface area contributed by atoms with E-state index in [9.17, 15) is 4.79 Å². The van der Waals surface area contributed by atoms with Crippen LogP contribution in [-0.2, 0) is 9.53 Å². The molecule has 2 heterocycles. The molecule has 2 aromatic rings. The number of esters is 1. The first-order chi connectivity index (χ1) is 11.7. The summed E-state index contributed by atoms with van der Waals surface area (Å²) >= 11 is 0. The molecule has 0 saturated heterocycles. The quantitative estimate of drug-likeness (QED) is 0.850. The van der Waals surface area contributed by atoms with Crippen LogP contribution in [0, 0.1) is 0 Å². The molecule has 126 valence electrons. The Hall–Kier alpha value is -2.83. The number of carbonyl (C=O) groups excluding carboxylic acids is 1. The lowest BCUT2D eigenvalue weighted by molar-refractivity contribution is -0.139. The Balaban J connectivity index is 2.16. The number of allylic oxidation sites excluding steroid dienone is 1. The number of hydrogen-bond donors (Lipinski definition) is 1. The van der Waals surface area contributed by atoms with Crippen LogP contribution >= 0.6 is 0 Å². The fourth-order valence-electron chi connectivity index (χ4n) is 2.85. The summed E-state index contributed by atoms with van der Waals surface area (Å²) in [5, 5.41) is 7.40. The van der Waals surface area contributed by atoms with E-state index in [0.717, 1.165) is 5.56 Å². The largest absolute Gasteiger partial charge is 0.494 e. The molecular formula is C17H20N4O3. The molecule has 1 unspecified atom stereocenters. The van der Waals surface area contributed by atoms with Gasteiger partial charge in [0.1, 0.15) is 18.1 Å². The normalized spacial score (nSPS) is 16.4. The lowest BCUT2D eigenvalue weighted by Crippen LogP contribution is -2.30. The Morgan fingerprint density at radius 2 is 2.08 bits per heavy atom. The highest BCUT2D eigenvalue weighted by atomic mass is 16.5. The van der Waals surface area contributed by atoms with Gasteiger partial charge in [-0.05, 0) is 26.8 Å². The number of nitrogens with one attached hydrogen (secondary N) is 1. The van der Waals surface area contributed by atoms with Crippen LogP contribution in [0.5, 0.6) is 5.75 Å². The summed E-state index contributed by atoms with van der Waals surface area (Å²) < 4.78 is 12.7. The van der Waals surface area contributed by atoms with Crippen molar-refractivity contribution < 1.29 is 14.3 Å². The van der Waals surface area contributed by atoms with E-state index in [4.69, 9.17) is 9.47 Å². The maximum Gasteiger partial charge on any atom is 0.338 e. The van der Waals surface area contributed by atoms with E-state index >= 15 is 0 Å². The Labute approximate surface area is 140 Å². The van der Waals surface area contributed by atoms with Crippen molar-refractivity contribution in [2.24, 2.45) is 0 Å². The van der Waals surface area contributed by atoms with Gasteiger partial charge < -0.3 is 14.8 Å². The van der Waals surface area contributed by atoms with E-state index in [-0.39, 0.29) is 5.97 Å². The minimum absolute atomic E-state index is 0.305. The van der Waals surface area contributed by atoms with Gasteiger partial charge in [-0.1, -0.05) is 18.2 Å². The SMILES string of the molecule is CCOC(=O)C1=C(C)Nc2ncnn2C1c1ccccc1OCC. The average Bonchev–Trinajstić information content (AvgIpc) is 3.02. The molecule has 3 rings (SSSR count). The molecule has 1 atom stereocenters. The van der Waals surface area contributed by atoms with Gasteiger partial charge in [-0.3, -0.25) is 0 Å². The zero-order valence-corrected chi connectivity index (χ0v) is 13.9. The van der Waals surface area contributed by atoms with E-state index in [1.165, 1.54) is 6.33 Å². The van der Waals surface area contributed by atoms with Crippen LogP contribution < -0.4 is 10.1 Å². The molecule has 0 amide bonds. The van der Waals surface area contributed by atoms with Gasteiger partial charge in [0.15, 0.2) is 0 Å². The molecule has 0 spiro atoms. The van der Waals surface area contributed by atoms with Crippen LogP contribution in [0.2, 0.25) is 0 Å². The summed E-state index contributed by atoms with van der Waals surface area (Å²) in [4.78, 5) is 16.8. The fraction of sp³-hybridized carbons (Fsp3) is 0.353. The molecule has 0 bridgehead atoms. The van der Waals surface area contributed by atoms with Gasteiger partial charge in [0, 0.05) is 11.3 Å². The molecule has 24 heavy (non-hydrogen) atoms. The lowest BCUT2D eigenvalue weighted by Gasteiger charge is -2.29. The second-order valence-electron chi connectivity index (χ2n) is 5.29. The zero-order valence-electron chi connectivity index (χ0n) is 13.9. The third-order valence-corrected chi connectivity index (χ3v) is 3.80. The van der Waals surface area contributed by atoms with Crippen LogP contribution in [-0.4, -0.2) is 33.9 Å². The van der Waals surface area contributed by atoms with Crippen LogP contribution in [0.1, 0.15) is 32.4 Å². The van der Waals surface area contributed by atoms with E-state index in [1.807, 2.05) is 38.1 Å². The molecule has 0 radical (unpaired) electrons. The van der Waals surface area contributed by atoms with Crippen LogP contribution in [0.4, 0.5) is 5.95 Å². The summed E-state index contributed by atoms with van der Waals surface area (Å²) in [7, 11) is 0. The van der Waals surface area contributed by atoms with E-state index in [0.29, 0.717) is 36.2 Å². The molecule has 0 aliphatic carbocycles. The minimum Gasteiger partial charge on any atom is -0.494 e. The maximum atomic E-state index is 12.6. The van der Waals surface area contributed by atoms with Gasteiger partial charge in [-0.25, -0.2) is 9.48 Å². The Bertz CT molecular complexity index is 782. The lowest BCUT2D eigenvalue weighted by atomic mass is 9.95. The first kappa shape index (κ1) is 16.0. The highest BCUT2D eigenvalue weighted by molar-refractivity contribution is 5.92. The number of carbonyl (C=O) groups is 1. The second kappa shape index (κ2) is 6.74. The summed E-state index contributed by atoms with van der Waals surface area (Å²) in [6, 6.07) is 7.17.